The first-order valence-corrected chi connectivity index (χ1v) is 9.77. The number of hydrogen-bond acceptors (Lipinski definition) is 9. The predicted octanol–water partition coefficient (Wildman–Crippen LogP) is -3.60. The van der Waals surface area contributed by atoms with Gasteiger partial charge in [-0.05, 0) is 13.3 Å². The number of carbonyl (C=O) groups excluding carboxylic acids is 2. The Labute approximate surface area is 185 Å². The maximum atomic E-state index is 12.3. The molecule has 7 N–H and O–H groups in total. The van der Waals surface area contributed by atoms with Gasteiger partial charge in [-0.1, -0.05) is 0 Å². The van der Waals surface area contributed by atoms with Crippen molar-refractivity contribution < 1.29 is 44.3 Å². The van der Waals surface area contributed by atoms with E-state index in [-0.39, 0.29) is 24.9 Å². The molecule has 0 aromatic carbocycles. The Morgan fingerprint density at radius 2 is 1.85 bits per heavy atom. The van der Waals surface area contributed by atoms with Crippen LogP contribution in [0.4, 0.5) is 0 Å². The fraction of sp³-hybridized carbons (Fsp3) is 0.556. The van der Waals surface area contributed by atoms with Gasteiger partial charge in [-0.25, -0.2) is 9.59 Å². The minimum Gasteiger partial charge on any atom is -0.481 e. The highest BCUT2D eigenvalue weighted by Crippen LogP contribution is 2.28. The lowest BCUT2D eigenvalue weighted by atomic mass is 10.1. The number of carbonyl (C=O) groups is 4. The summed E-state index contributed by atoms with van der Waals surface area (Å²) in [5, 5.41) is 42.3. The highest BCUT2D eigenvalue weighted by atomic mass is 16.6. The largest absolute Gasteiger partial charge is 0.481 e. The van der Waals surface area contributed by atoms with E-state index in [1.54, 1.807) is 0 Å². The zero-order chi connectivity index (χ0) is 24.9. The molecule has 2 amide bonds. The van der Waals surface area contributed by atoms with E-state index >= 15 is 0 Å². The summed E-state index contributed by atoms with van der Waals surface area (Å²) in [5.74, 6) is -4.48. The number of aromatic amines is 1. The number of amides is 2. The molecule has 2 heterocycles. The summed E-state index contributed by atoms with van der Waals surface area (Å²) in [6.07, 6.45) is -6.19. The minimum atomic E-state index is -1.69. The van der Waals surface area contributed by atoms with Crippen LogP contribution < -0.4 is 21.9 Å². The van der Waals surface area contributed by atoms with E-state index in [2.05, 4.69) is 10.6 Å². The number of aliphatic carboxylic acids is 2. The third kappa shape index (κ3) is 6.47. The Morgan fingerprint density at radius 3 is 2.45 bits per heavy atom. The lowest BCUT2D eigenvalue weighted by molar-refractivity contribution is -0.147. The first kappa shape index (κ1) is 25.7. The van der Waals surface area contributed by atoms with Crippen LogP contribution in [0.15, 0.2) is 15.8 Å². The maximum absolute atomic E-state index is 12.3. The van der Waals surface area contributed by atoms with Crippen molar-refractivity contribution in [2.75, 3.05) is 6.54 Å². The first-order chi connectivity index (χ1) is 15.4. The Kier molecular flexibility index (Phi) is 8.44. The number of aliphatic hydroxyl groups excluding tert-OH is 2. The van der Waals surface area contributed by atoms with Crippen molar-refractivity contribution >= 4 is 23.8 Å². The van der Waals surface area contributed by atoms with Crippen molar-refractivity contribution in [3.8, 4) is 0 Å². The Bertz CT molecular complexity index is 1030. The summed E-state index contributed by atoms with van der Waals surface area (Å²) in [4.78, 5) is 71.2. The van der Waals surface area contributed by atoms with Crippen molar-refractivity contribution in [1.82, 2.24) is 20.2 Å². The highest BCUT2D eigenvalue weighted by Gasteiger charge is 2.47. The van der Waals surface area contributed by atoms with Gasteiger partial charge in [0.25, 0.3) is 11.5 Å². The number of aryl methyl sites for hydroxylation is 1. The second-order valence-corrected chi connectivity index (χ2v) is 7.36. The molecular formula is C18H24N4O11. The van der Waals surface area contributed by atoms with E-state index in [0.717, 1.165) is 10.8 Å². The van der Waals surface area contributed by atoms with Crippen LogP contribution in [0.25, 0.3) is 0 Å². The lowest BCUT2D eigenvalue weighted by Gasteiger charge is -2.17. The summed E-state index contributed by atoms with van der Waals surface area (Å²) in [5.41, 5.74) is -1.41. The Hall–Kier alpha value is -3.56. The average Bonchev–Trinajstić information content (AvgIpc) is 3.02. The molecule has 0 spiro atoms. The molecule has 15 nitrogen and oxygen atoms in total. The second kappa shape index (κ2) is 10.8. The second-order valence-electron chi connectivity index (χ2n) is 7.36. The van der Waals surface area contributed by atoms with Crippen LogP contribution in [0.2, 0.25) is 0 Å². The Balaban J connectivity index is 1.88. The minimum absolute atomic E-state index is 0.0460. The maximum Gasteiger partial charge on any atom is 0.330 e. The zero-order valence-corrected chi connectivity index (χ0v) is 17.4. The van der Waals surface area contributed by atoms with Gasteiger partial charge < -0.3 is 35.8 Å². The summed E-state index contributed by atoms with van der Waals surface area (Å²) >= 11 is 0. The van der Waals surface area contributed by atoms with Crippen LogP contribution >= 0.6 is 0 Å². The molecule has 33 heavy (non-hydrogen) atoms. The van der Waals surface area contributed by atoms with Crippen molar-refractivity contribution in [2.24, 2.45) is 0 Å². The van der Waals surface area contributed by atoms with E-state index in [0.29, 0.717) is 0 Å². The molecular weight excluding hydrogens is 448 g/mol. The van der Waals surface area contributed by atoms with Crippen LogP contribution in [0, 0.1) is 6.92 Å². The number of H-pyrrole nitrogens is 1. The van der Waals surface area contributed by atoms with E-state index in [9.17, 15) is 39.0 Å². The number of aliphatic hydroxyl groups is 2. The standard InChI is InChI=1S/C18H24N4O11/c1-7-6-22(18(32)21-14(7)28)16-12(27)11(26)13(33-16)15(29)19-4-2-3-9(23)20-8(17(30)31)5-10(24)25/h6,8,11-13,16,26-27H,2-5H2,1H3,(H,19,29)(H,20,23)(H,24,25)(H,30,31)(H,21,28,32)/t8?,11-,12+,13-,16+/m0/s1. The first-order valence-electron chi connectivity index (χ1n) is 9.77. The normalized spacial score (nSPS) is 23.0. The van der Waals surface area contributed by atoms with Crippen LogP contribution in [0.1, 0.15) is 31.1 Å². The molecule has 182 valence electrons. The molecule has 1 unspecified atom stereocenters. The number of carboxylic acid groups (broad SMARTS) is 2. The third-order valence-corrected chi connectivity index (χ3v) is 4.81. The lowest BCUT2D eigenvalue weighted by Crippen LogP contribution is -2.44. The van der Waals surface area contributed by atoms with Crippen LogP contribution in [-0.4, -0.2) is 84.6 Å². The predicted molar refractivity (Wildman–Crippen MR) is 106 cm³/mol. The van der Waals surface area contributed by atoms with Gasteiger partial charge in [-0.2, -0.15) is 0 Å². The number of hydrogen-bond donors (Lipinski definition) is 7. The van der Waals surface area contributed by atoms with Crippen LogP contribution in [-0.2, 0) is 23.9 Å². The number of nitrogens with zero attached hydrogens (tertiary/aromatic N) is 1. The van der Waals surface area contributed by atoms with Gasteiger partial charge in [0.05, 0.1) is 6.42 Å². The topological polar surface area (TPSA) is 237 Å². The van der Waals surface area contributed by atoms with E-state index in [1.807, 2.05) is 4.98 Å². The highest BCUT2D eigenvalue weighted by molar-refractivity contribution is 5.86. The molecule has 1 saturated heterocycles. The van der Waals surface area contributed by atoms with Crippen molar-refractivity contribution in [3.63, 3.8) is 0 Å². The molecule has 1 aromatic heterocycles. The number of nitrogens with one attached hydrogen (secondary N) is 3. The van der Waals surface area contributed by atoms with Gasteiger partial charge >= 0.3 is 17.6 Å². The van der Waals surface area contributed by atoms with Crippen LogP contribution in [0.5, 0.6) is 0 Å². The monoisotopic (exact) mass is 472 g/mol. The Morgan fingerprint density at radius 1 is 1.18 bits per heavy atom. The fourth-order valence-electron chi connectivity index (χ4n) is 3.08. The number of aromatic nitrogens is 2. The molecule has 1 aromatic rings. The molecule has 2 rings (SSSR count). The van der Waals surface area contributed by atoms with Crippen LogP contribution in [0.3, 0.4) is 0 Å². The molecule has 5 atom stereocenters. The number of ether oxygens (including phenoxy) is 1. The molecule has 0 bridgehead atoms. The number of carboxylic acids is 2. The average molecular weight is 472 g/mol. The SMILES string of the molecule is Cc1cn([C@@H]2O[C@H](C(=O)NCCCC(=O)NC(CC(=O)O)C(=O)O)[C@@H](O)[C@H]2O)c(=O)[nH]c1=O. The third-order valence-electron chi connectivity index (χ3n) is 4.81. The van der Waals surface area contributed by atoms with Gasteiger partial charge in [0.2, 0.25) is 5.91 Å². The van der Waals surface area contributed by atoms with Gasteiger partial charge in [0, 0.05) is 24.7 Å². The molecule has 1 aliphatic rings. The molecule has 0 radical (unpaired) electrons. The molecule has 15 heteroatoms. The van der Waals surface area contributed by atoms with Gasteiger partial charge in [0.1, 0.15) is 18.2 Å². The molecule has 0 aliphatic carbocycles. The van der Waals surface area contributed by atoms with Gasteiger partial charge in [0.15, 0.2) is 12.3 Å². The van der Waals surface area contributed by atoms with Gasteiger partial charge in [-0.15, -0.1) is 0 Å². The summed E-state index contributed by atoms with van der Waals surface area (Å²) in [6, 6.07) is -1.59. The summed E-state index contributed by atoms with van der Waals surface area (Å²) < 4.78 is 6.18. The fourth-order valence-corrected chi connectivity index (χ4v) is 3.08. The molecule has 1 aliphatic heterocycles. The van der Waals surface area contributed by atoms with E-state index in [1.165, 1.54) is 6.92 Å². The van der Waals surface area contributed by atoms with E-state index in [4.69, 9.17) is 14.9 Å². The quantitative estimate of drug-likeness (QED) is 0.164. The van der Waals surface area contributed by atoms with Crippen molar-refractivity contribution in [1.29, 1.82) is 0 Å². The molecule has 1 fully saturated rings. The number of rotatable bonds is 10. The zero-order valence-electron chi connectivity index (χ0n) is 17.4. The smallest absolute Gasteiger partial charge is 0.330 e. The molecule has 0 saturated carbocycles. The summed E-state index contributed by atoms with van der Waals surface area (Å²) in [7, 11) is 0. The van der Waals surface area contributed by atoms with Crippen molar-refractivity contribution in [2.45, 2.75) is 56.8 Å². The van der Waals surface area contributed by atoms with E-state index < -0.39 is 72.0 Å². The summed E-state index contributed by atoms with van der Waals surface area (Å²) in [6.45, 7) is 1.32. The van der Waals surface area contributed by atoms with Crippen molar-refractivity contribution in [3.05, 3.63) is 32.6 Å². The van der Waals surface area contributed by atoms with Gasteiger partial charge in [-0.3, -0.25) is 28.7 Å².